The second-order valence-electron chi connectivity index (χ2n) is 8.86. The topological polar surface area (TPSA) is 42.0 Å². The summed E-state index contributed by atoms with van der Waals surface area (Å²) in [6, 6.07) is 16.0. The highest BCUT2D eigenvalue weighted by atomic mass is 16.5. The van der Waals surface area contributed by atoms with Crippen LogP contribution in [0.3, 0.4) is 0 Å². The number of amides is 1. The van der Waals surface area contributed by atoms with Crippen molar-refractivity contribution >= 4 is 12.0 Å². The zero-order valence-corrected chi connectivity index (χ0v) is 19.3. The standard InChI is InChI=1S/C27H34N2O3/c1-21(18-22-8-4-3-5-9-22)20-28-16-12-23(13-17-28)32-26-19-24(31-2)10-11-25(26)27(30)29-14-6-7-15-29/h3-5,8-11,18-19,23H,6-7,12-17,20H2,1-2H3. The molecule has 4 rings (SSSR count). The number of hydrogen-bond donors (Lipinski definition) is 0. The van der Waals surface area contributed by atoms with E-state index in [1.54, 1.807) is 7.11 Å². The molecular formula is C27H34N2O3. The lowest BCUT2D eigenvalue weighted by Crippen LogP contribution is -2.39. The summed E-state index contributed by atoms with van der Waals surface area (Å²) in [5.74, 6) is 1.44. The molecule has 2 aliphatic rings. The number of ether oxygens (including phenoxy) is 2. The van der Waals surface area contributed by atoms with E-state index in [0.29, 0.717) is 11.3 Å². The Hall–Kier alpha value is -2.79. The number of rotatable bonds is 7. The van der Waals surface area contributed by atoms with E-state index >= 15 is 0 Å². The number of hydrogen-bond acceptors (Lipinski definition) is 4. The Labute approximate surface area is 191 Å². The first kappa shape index (κ1) is 22.4. The van der Waals surface area contributed by atoms with Crippen LogP contribution >= 0.6 is 0 Å². The van der Waals surface area contributed by atoms with E-state index < -0.39 is 0 Å². The summed E-state index contributed by atoms with van der Waals surface area (Å²) in [4.78, 5) is 17.4. The molecule has 0 aliphatic carbocycles. The Kier molecular flexibility index (Phi) is 7.48. The average molecular weight is 435 g/mol. The fourth-order valence-corrected chi connectivity index (χ4v) is 4.59. The smallest absolute Gasteiger partial charge is 0.257 e. The summed E-state index contributed by atoms with van der Waals surface area (Å²) in [5.41, 5.74) is 3.26. The van der Waals surface area contributed by atoms with E-state index in [0.717, 1.165) is 64.2 Å². The van der Waals surface area contributed by atoms with E-state index in [1.807, 2.05) is 29.2 Å². The summed E-state index contributed by atoms with van der Waals surface area (Å²) in [6.07, 6.45) is 6.43. The molecule has 0 radical (unpaired) electrons. The number of likely N-dealkylation sites (tertiary alicyclic amines) is 2. The third kappa shape index (κ3) is 5.71. The fraction of sp³-hybridized carbons (Fsp3) is 0.444. The summed E-state index contributed by atoms with van der Waals surface area (Å²) in [6.45, 7) is 6.81. The Morgan fingerprint density at radius 3 is 2.44 bits per heavy atom. The molecule has 0 unspecified atom stereocenters. The highest BCUT2D eigenvalue weighted by molar-refractivity contribution is 5.97. The normalized spacial score (nSPS) is 18.1. The molecular weight excluding hydrogens is 400 g/mol. The van der Waals surface area contributed by atoms with E-state index in [1.165, 1.54) is 11.1 Å². The van der Waals surface area contributed by atoms with E-state index in [2.05, 4.69) is 42.2 Å². The van der Waals surface area contributed by atoms with Gasteiger partial charge in [0.25, 0.3) is 5.91 Å². The molecule has 5 nitrogen and oxygen atoms in total. The highest BCUT2D eigenvalue weighted by Crippen LogP contribution is 2.30. The van der Waals surface area contributed by atoms with Crippen molar-refractivity contribution < 1.29 is 14.3 Å². The fourth-order valence-electron chi connectivity index (χ4n) is 4.59. The average Bonchev–Trinajstić information content (AvgIpc) is 3.35. The first-order valence-corrected chi connectivity index (χ1v) is 11.7. The van der Waals surface area contributed by atoms with Gasteiger partial charge in [-0.1, -0.05) is 42.0 Å². The minimum absolute atomic E-state index is 0.0688. The zero-order valence-electron chi connectivity index (χ0n) is 19.3. The predicted molar refractivity (Wildman–Crippen MR) is 128 cm³/mol. The van der Waals surface area contributed by atoms with Gasteiger partial charge in [-0.25, -0.2) is 0 Å². The van der Waals surface area contributed by atoms with Crippen LogP contribution in [0.2, 0.25) is 0 Å². The molecule has 0 N–H and O–H groups in total. The van der Waals surface area contributed by atoms with E-state index in [4.69, 9.17) is 9.47 Å². The monoisotopic (exact) mass is 434 g/mol. The van der Waals surface area contributed by atoms with Crippen LogP contribution in [-0.4, -0.2) is 61.6 Å². The predicted octanol–water partition coefficient (Wildman–Crippen LogP) is 4.88. The number of benzene rings is 2. The largest absolute Gasteiger partial charge is 0.497 e. The van der Waals surface area contributed by atoms with Crippen LogP contribution in [0.25, 0.3) is 6.08 Å². The molecule has 0 saturated carbocycles. The molecule has 2 aliphatic heterocycles. The van der Waals surface area contributed by atoms with Crippen molar-refractivity contribution in [1.82, 2.24) is 9.80 Å². The molecule has 2 aromatic carbocycles. The van der Waals surface area contributed by atoms with Gasteiger partial charge in [-0.05, 0) is 50.3 Å². The summed E-state index contributed by atoms with van der Waals surface area (Å²) >= 11 is 0. The van der Waals surface area contributed by atoms with Gasteiger partial charge in [0.2, 0.25) is 0 Å². The van der Waals surface area contributed by atoms with Crippen molar-refractivity contribution in [3.63, 3.8) is 0 Å². The zero-order chi connectivity index (χ0) is 22.3. The molecule has 5 heteroatoms. The maximum Gasteiger partial charge on any atom is 0.257 e. The first-order valence-electron chi connectivity index (χ1n) is 11.7. The second kappa shape index (κ2) is 10.7. The highest BCUT2D eigenvalue weighted by Gasteiger charge is 2.26. The van der Waals surface area contributed by atoms with Gasteiger partial charge in [0.15, 0.2) is 0 Å². The number of carbonyl (C=O) groups excluding carboxylic acids is 1. The third-order valence-electron chi connectivity index (χ3n) is 6.33. The number of piperidine rings is 1. The van der Waals surface area contributed by atoms with Crippen LogP contribution in [0.4, 0.5) is 0 Å². The van der Waals surface area contributed by atoms with Crippen LogP contribution in [-0.2, 0) is 0 Å². The molecule has 0 aromatic heterocycles. The molecule has 0 spiro atoms. The molecule has 0 bridgehead atoms. The third-order valence-corrected chi connectivity index (χ3v) is 6.33. The van der Waals surface area contributed by atoms with Crippen molar-refractivity contribution in [3.8, 4) is 11.5 Å². The minimum Gasteiger partial charge on any atom is -0.497 e. The lowest BCUT2D eigenvalue weighted by molar-refractivity contribution is 0.0771. The van der Waals surface area contributed by atoms with Gasteiger partial charge >= 0.3 is 0 Å². The maximum absolute atomic E-state index is 13.0. The van der Waals surface area contributed by atoms with E-state index in [9.17, 15) is 4.79 Å². The SMILES string of the molecule is COc1ccc(C(=O)N2CCCC2)c(OC2CCN(CC(C)=Cc3ccccc3)CC2)c1. The van der Waals surface area contributed by atoms with Crippen LogP contribution in [0, 0.1) is 0 Å². The molecule has 0 atom stereocenters. The van der Waals surface area contributed by atoms with Crippen LogP contribution in [0.15, 0.2) is 54.1 Å². The molecule has 2 saturated heterocycles. The summed E-state index contributed by atoms with van der Waals surface area (Å²) in [7, 11) is 1.64. The van der Waals surface area contributed by atoms with Crippen LogP contribution in [0.5, 0.6) is 11.5 Å². The molecule has 32 heavy (non-hydrogen) atoms. The van der Waals surface area contributed by atoms with Gasteiger partial charge < -0.3 is 14.4 Å². The second-order valence-corrected chi connectivity index (χ2v) is 8.86. The van der Waals surface area contributed by atoms with Crippen molar-refractivity contribution in [2.75, 3.05) is 39.8 Å². The summed E-state index contributed by atoms with van der Waals surface area (Å²) < 4.78 is 11.8. The van der Waals surface area contributed by atoms with Crippen molar-refractivity contribution in [3.05, 3.63) is 65.2 Å². The van der Waals surface area contributed by atoms with Crippen LogP contribution in [0.1, 0.15) is 48.5 Å². The minimum atomic E-state index is 0.0688. The Morgan fingerprint density at radius 2 is 1.75 bits per heavy atom. The molecule has 1 amide bonds. The van der Waals surface area contributed by atoms with Gasteiger partial charge in [-0.2, -0.15) is 0 Å². The Balaban J connectivity index is 1.36. The Morgan fingerprint density at radius 1 is 1.03 bits per heavy atom. The summed E-state index contributed by atoms with van der Waals surface area (Å²) in [5, 5.41) is 0. The van der Waals surface area contributed by atoms with Gasteiger partial charge in [-0.3, -0.25) is 9.69 Å². The van der Waals surface area contributed by atoms with Crippen molar-refractivity contribution in [2.45, 2.75) is 38.7 Å². The quantitative estimate of drug-likeness (QED) is 0.623. The maximum atomic E-state index is 13.0. The van der Waals surface area contributed by atoms with Gasteiger partial charge in [-0.15, -0.1) is 0 Å². The van der Waals surface area contributed by atoms with Gasteiger partial charge in [0, 0.05) is 38.8 Å². The molecule has 2 aromatic rings. The van der Waals surface area contributed by atoms with Crippen molar-refractivity contribution in [1.29, 1.82) is 0 Å². The number of carbonyl (C=O) groups is 1. The Bertz CT molecular complexity index is 927. The van der Waals surface area contributed by atoms with E-state index in [-0.39, 0.29) is 12.0 Å². The first-order chi connectivity index (χ1) is 15.6. The number of nitrogens with zero attached hydrogens (tertiary/aromatic N) is 2. The molecule has 2 fully saturated rings. The lowest BCUT2D eigenvalue weighted by Gasteiger charge is -2.33. The lowest BCUT2D eigenvalue weighted by atomic mass is 10.1. The molecule has 2 heterocycles. The van der Waals surface area contributed by atoms with Gasteiger partial charge in [0.05, 0.1) is 12.7 Å². The van der Waals surface area contributed by atoms with Crippen LogP contribution < -0.4 is 9.47 Å². The molecule has 170 valence electrons. The van der Waals surface area contributed by atoms with Crippen molar-refractivity contribution in [2.24, 2.45) is 0 Å². The number of methoxy groups -OCH3 is 1. The van der Waals surface area contributed by atoms with Gasteiger partial charge in [0.1, 0.15) is 17.6 Å².